The lowest BCUT2D eigenvalue weighted by atomic mass is 10.0. The van der Waals surface area contributed by atoms with Crippen LogP contribution in [0.5, 0.6) is 23.5 Å². The van der Waals surface area contributed by atoms with Gasteiger partial charge in [-0.25, -0.2) is 43.7 Å². The molecule has 12 atom stereocenters. The second-order valence-corrected chi connectivity index (χ2v) is 31.3. The second kappa shape index (κ2) is 33.5. The minimum Gasteiger partial charge on any atom is -0.472 e. The highest BCUT2D eigenvalue weighted by Crippen LogP contribution is 2.46. The van der Waals surface area contributed by atoms with Crippen molar-refractivity contribution in [2.45, 2.75) is 107 Å². The predicted molar refractivity (Wildman–Crippen MR) is 419 cm³/mol. The van der Waals surface area contributed by atoms with Gasteiger partial charge in [0.1, 0.15) is 41.7 Å². The van der Waals surface area contributed by atoms with E-state index in [0.717, 1.165) is 63.6 Å². The third kappa shape index (κ3) is 16.4. The van der Waals surface area contributed by atoms with Crippen LogP contribution in [0.1, 0.15) is 98.6 Å². The summed E-state index contributed by atoms with van der Waals surface area (Å²) >= 11 is 23.6. The van der Waals surface area contributed by atoms with Crippen molar-refractivity contribution in [3.05, 3.63) is 262 Å². The first-order chi connectivity index (χ1) is 56.4. The van der Waals surface area contributed by atoms with E-state index in [4.69, 9.17) is 65.4 Å². The highest BCUT2D eigenvalue weighted by atomic mass is 35.5. The van der Waals surface area contributed by atoms with Gasteiger partial charge in [0.15, 0.2) is 11.5 Å². The zero-order chi connectivity index (χ0) is 79.7. The number of piperidine rings is 4. The highest BCUT2D eigenvalue weighted by molar-refractivity contribution is 6.31. The van der Waals surface area contributed by atoms with Gasteiger partial charge < -0.3 is 38.5 Å². The van der Waals surface area contributed by atoms with Crippen molar-refractivity contribution >= 4 is 70.0 Å². The van der Waals surface area contributed by atoms with E-state index in [-0.39, 0.29) is 94.7 Å². The highest BCUT2D eigenvalue weighted by Gasteiger charge is 2.53. The molecule has 0 spiro atoms. The molecule has 3 aromatic carbocycles. The molecule has 0 N–H and O–H groups in total. The number of halogens is 6. The maximum Gasteiger partial charge on any atom is 0.275 e. The second-order valence-electron chi connectivity index (χ2n) is 29.5. The van der Waals surface area contributed by atoms with E-state index in [0.29, 0.717) is 115 Å². The number of aryl methyl sites for hydroxylation is 1. The molecule has 28 nitrogen and oxygen atoms in total. The molecule has 590 valence electrons. The van der Waals surface area contributed by atoms with Crippen LogP contribution in [0, 0.1) is 42.2 Å². The predicted octanol–water partition coefficient (Wildman–Crippen LogP) is 12.8. The number of aromatic nitrogens is 16. The zero-order valence-corrected chi connectivity index (χ0v) is 65.0. The Labute approximate surface area is 682 Å². The molecule has 20 rings (SSSR count). The summed E-state index contributed by atoms with van der Waals surface area (Å²) in [5.41, 5.74) is 4.04. The van der Waals surface area contributed by atoms with E-state index in [1.807, 2.05) is 53.1 Å². The fourth-order valence-corrected chi connectivity index (χ4v) is 17.6. The van der Waals surface area contributed by atoms with Crippen molar-refractivity contribution in [2.24, 2.45) is 23.7 Å². The number of para-hydroxylation sites is 1. The molecule has 8 bridgehead atoms. The number of carbonyl (C=O) groups excluding carboxylic acids is 4. The minimum atomic E-state index is -0.519. The van der Waals surface area contributed by atoms with E-state index in [9.17, 15) is 28.0 Å². The summed E-state index contributed by atoms with van der Waals surface area (Å²) in [6, 6.07) is 35.0. The lowest BCUT2D eigenvalue weighted by molar-refractivity contribution is 0.0459. The molecule has 4 saturated carbocycles. The maximum absolute atomic E-state index is 14.7. The van der Waals surface area contributed by atoms with Crippen LogP contribution in [0.25, 0.3) is 28.5 Å². The number of benzene rings is 3. The van der Waals surface area contributed by atoms with Crippen LogP contribution in [0.15, 0.2) is 202 Å². The molecular weight excluding hydrogens is 1570 g/mol. The Morgan fingerprint density at radius 3 is 1.16 bits per heavy atom. The Morgan fingerprint density at radius 2 is 0.741 bits per heavy atom. The molecule has 8 fully saturated rings. The average Bonchev–Trinajstić information content (AvgIpc) is 1.62. The van der Waals surface area contributed by atoms with Gasteiger partial charge in [0.25, 0.3) is 23.6 Å². The normalized spacial score (nSPS) is 22.8. The van der Waals surface area contributed by atoms with Gasteiger partial charge in [-0.1, -0.05) is 64.6 Å². The Bertz CT molecular complexity index is 5340. The molecule has 12 aromatic rings. The molecule has 4 aliphatic heterocycles. The Morgan fingerprint density at radius 1 is 0.371 bits per heavy atom. The molecule has 34 heteroatoms. The monoisotopic (exact) mass is 1640 g/mol. The fourth-order valence-electron chi connectivity index (χ4n) is 17.2. The third-order valence-corrected chi connectivity index (χ3v) is 23.0. The quantitative estimate of drug-likeness (QED) is 0.0868. The molecule has 8 aliphatic rings. The SMILES string of the molecule is Cc1ccc(-n2nccn2)c(C(=O)N2CC3CC(Oc4ccc(Cl)cn4)C2C3)n1.O=C(c1cc(F)ccc1-n1nccn1)N1CC2CC(Oc3ccc(Cl)cn3)C1C2.O=C(c1cccc(F)c1-c1ncccn1)N1CC2CC(Oc3ccc(Cl)cn3)C1C2.O=C(c1ccccc1-n1nccn1)N1CC2CC(Oc3ccc(Cl)cn3)C1C2. The number of fused-ring (bicyclic) bond motifs is 8. The summed E-state index contributed by atoms with van der Waals surface area (Å²) in [4.78, 5) is 94.8. The van der Waals surface area contributed by atoms with Crippen LogP contribution >= 0.6 is 46.4 Å². The van der Waals surface area contributed by atoms with Crippen molar-refractivity contribution in [1.82, 2.24) is 99.5 Å². The lowest BCUT2D eigenvalue weighted by Crippen LogP contribution is -2.47. The largest absolute Gasteiger partial charge is 0.472 e. The van der Waals surface area contributed by atoms with Gasteiger partial charge in [-0.15, -0.1) is 4.80 Å². The van der Waals surface area contributed by atoms with E-state index in [2.05, 4.69) is 65.5 Å². The van der Waals surface area contributed by atoms with E-state index in [1.54, 1.807) is 108 Å². The molecule has 4 aliphatic carbocycles. The zero-order valence-electron chi connectivity index (χ0n) is 61.9. The topological polar surface area (TPSA) is 301 Å². The molecule has 4 saturated heterocycles. The summed E-state index contributed by atoms with van der Waals surface area (Å²) in [5.74, 6) is 2.15. The number of nitrogens with zero attached hydrogens (tertiary/aromatic N) is 20. The Hall–Kier alpha value is -12.0. The van der Waals surface area contributed by atoms with Crippen molar-refractivity contribution in [3.8, 4) is 52.0 Å². The van der Waals surface area contributed by atoms with Crippen molar-refractivity contribution in [2.75, 3.05) is 26.2 Å². The number of likely N-dealkylation sites (tertiary alicyclic amines) is 4. The number of pyridine rings is 5. The number of hydrogen-bond donors (Lipinski definition) is 0. The fraction of sp³-hybridized carbons (Fsp3) is 0.305. The van der Waals surface area contributed by atoms with Crippen LogP contribution in [0.4, 0.5) is 8.78 Å². The van der Waals surface area contributed by atoms with E-state index >= 15 is 0 Å². The van der Waals surface area contributed by atoms with Gasteiger partial charge in [0.05, 0.1) is 115 Å². The summed E-state index contributed by atoms with van der Waals surface area (Å²) in [5, 5.41) is 27.0. The number of amides is 4. The summed E-state index contributed by atoms with van der Waals surface area (Å²) in [7, 11) is 0. The average molecular weight is 1650 g/mol. The molecule has 4 amide bonds. The smallest absolute Gasteiger partial charge is 0.275 e. The maximum atomic E-state index is 14.7. The van der Waals surface area contributed by atoms with Gasteiger partial charge in [-0.2, -0.15) is 40.2 Å². The molecule has 9 aromatic heterocycles. The summed E-state index contributed by atoms with van der Waals surface area (Å²) in [6.07, 6.45) is 25.3. The number of rotatable bonds is 16. The lowest BCUT2D eigenvalue weighted by Gasteiger charge is -2.33. The number of hydrogen-bond acceptors (Lipinski definition) is 21. The van der Waals surface area contributed by atoms with Crippen molar-refractivity contribution in [3.63, 3.8) is 0 Å². The number of ether oxygens (including phenoxy) is 4. The standard InChI is InChI=1S/C22H18ClFN4O2.C20H17ClFN5O2.C20H19ClN6O2.C20H18ClN5O2/c23-14-5-6-19(27-11-14)30-18-10-13-9-17(18)28(12-13)22(29)15-3-1-4-16(24)20(15)21-25-7-2-8-26-21;21-13-1-4-19(23-10-13)29-18-8-12-7-17(18)26(11-12)20(28)15-9-14(22)2-3-16(15)27-24-5-6-25-27;1-12-2-4-15(27-23-6-7-24-27)19(25-12)20(28)26-11-13-8-16(26)17(9-13)29-18-5-3-14(21)10-22-18;21-14-5-6-19(22-11-14)28-18-10-13-9-17(18)25(12-13)20(27)15-3-1-2-4-16(15)26-23-7-8-24-26/h1-8,11,13,17-18H,9-10,12H2;1-6,9-10,12,17-18H,7-8,11H2;2-7,10,13,16-17H,8-9,11H2,1H3;1-8,11,13,17-18H,9-10,12H2. The first-order valence-corrected chi connectivity index (χ1v) is 39.4. The van der Waals surface area contributed by atoms with Crippen LogP contribution in [0.2, 0.25) is 20.1 Å². The van der Waals surface area contributed by atoms with Crippen LogP contribution in [-0.2, 0) is 0 Å². The summed E-state index contributed by atoms with van der Waals surface area (Å²) < 4.78 is 52.9. The molecular formula is C82H72Cl4F2N20O8. The molecule has 13 heterocycles. The molecule has 12 unspecified atom stereocenters. The van der Waals surface area contributed by atoms with Gasteiger partial charge >= 0.3 is 0 Å². The Kier molecular flexibility index (Phi) is 22.1. The third-order valence-electron chi connectivity index (χ3n) is 22.1. The van der Waals surface area contributed by atoms with Crippen molar-refractivity contribution in [1.29, 1.82) is 0 Å². The van der Waals surface area contributed by atoms with E-state index < -0.39 is 11.6 Å². The Balaban J connectivity index is 0.000000111. The molecule has 116 heavy (non-hydrogen) atoms. The minimum absolute atomic E-state index is 0.00859. The van der Waals surface area contributed by atoms with Gasteiger partial charge in [-0.05, 0) is 167 Å². The number of carbonyl (C=O) groups is 4. The molecule has 0 radical (unpaired) electrons. The van der Waals surface area contributed by atoms with Crippen molar-refractivity contribution < 1.29 is 46.9 Å². The van der Waals surface area contributed by atoms with Gasteiger partial charge in [-0.3, -0.25) is 19.2 Å². The van der Waals surface area contributed by atoms with Crippen LogP contribution in [0.3, 0.4) is 0 Å². The first-order valence-electron chi connectivity index (χ1n) is 37.8. The van der Waals surface area contributed by atoms with Crippen LogP contribution in [-0.4, -0.2) is 198 Å². The van der Waals surface area contributed by atoms with E-state index in [1.165, 1.54) is 81.9 Å². The summed E-state index contributed by atoms with van der Waals surface area (Å²) in [6.45, 7) is 4.57. The van der Waals surface area contributed by atoms with Gasteiger partial charge in [0, 0.05) is 93.3 Å². The van der Waals surface area contributed by atoms with Crippen LogP contribution < -0.4 is 18.9 Å². The van der Waals surface area contributed by atoms with Gasteiger partial charge in [0.2, 0.25) is 23.5 Å². The first kappa shape index (κ1) is 76.6.